The number of halogens is 2. The number of hydrogen-bond acceptors (Lipinski definition) is 2. The van der Waals surface area contributed by atoms with Crippen LogP contribution in [0.4, 0.5) is 8.78 Å². The Kier molecular flexibility index (Phi) is 4.66. The fraction of sp³-hybridized carbons (Fsp3) is 0.571. The second kappa shape index (κ2) is 6.25. The van der Waals surface area contributed by atoms with E-state index in [4.69, 9.17) is 4.74 Å². The molecule has 1 atom stereocenters. The van der Waals surface area contributed by atoms with Crippen molar-refractivity contribution in [2.24, 2.45) is 5.92 Å². The van der Waals surface area contributed by atoms with Gasteiger partial charge in [-0.3, -0.25) is 0 Å². The predicted octanol–water partition coefficient (Wildman–Crippen LogP) is 3.04. The number of nitrogens with one attached hydrogen (secondary N) is 1. The molecule has 0 bridgehead atoms. The number of rotatable bonds is 4. The highest BCUT2D eigenvalue weighted by Gasteiger charge is 2.17. The summed E-state index contributed by atoms with van der Waals surface area (Å²) in [6.45, 7) is 4.28. The van der Waals surface area contributed by atoms with Crippen molar-refractivity contribution in [2.75, 3.05) is 19.8 Å². The third-order valence-corrected chi connectivity index (χ3v) is 3.50. The van der Waals surface area contributed by atoms with Crippen molar-refractivity contribution in [1.29, 1.82) is 0 Å². The molecular weight excluding hydrogens is 236 g/mol. The second-order valence-corrected chi connectivity index (χ2v) is 4.83. The van der Waals surface area contributed by atoms with Gasteiger partial charge < -0.3 is 10.1 Å². The van der Waals surface area contributed by atoms with Crippen LogP contribution < -0.4 is 5.32 Å². The van der Waals surface area contributed by atoms with Crippen LogP contribution in [0.5, 0.6) is 0 Å². The molecule has 18 heavy (non-hydrogen) atoms. The SMILES string of the molecule is CC(NCC1CCOCC1)c1cccc(F)c1F. The molecule has 0 amide bonds. The summed E-state index contributed by atoms with van der Waals surface area (Å²) < 4.78 is 32.0. The van der Waals surface area contributed by atoms with Gasteiger partial charge in [0, 0.05) is 24.8 Å². The molecule has 0 aromatic heterocycles. The van der Waals surface area contributed by atoms with Gasteiger partial charge >= 0.3 is 0 Å². The zero-order valence-electron chi connectivity index (χ0n) is 10.6. The van der Waals surface area contributed by atoms with Crippen LogP contribution in [0.15, 0.2) is 18.2 Å². The molecule has 1 saturated heterocycles. The second-order valence-electron chi connectivity index (χ2n) is 4.83. The van der Waals surface area contributed by atoms with Gasteiger partial charge in [-0.15, -0.1) is 0 Å². The number of ether oxygens (including phenoxy) is 1. The Labute approximate surface area is 106 Å². The van der Waals surface area contributed by atoms with Crippen LogP contribution in [0.2, 0.25) is 0 Å². The first-order chi connectivity index (χ1) is 8.68. The minimum atomic E-state index is -0.785. The van der Waals surface area contributed by atoms with Crippen molar-refractivity contribution >= 4 is 0 Å². The van der Waals surface area contributed by atoms with Gasteiger partial charge in [0.15, 0.2) is 11.6 Å². The van der Waals surface area contributed by atoms with Gasteiger partial charge in [-0.25, -0.2) is 8.78 Å². The molecule has 1 aliphatic rings. The van der Waals surface area contributed by atoms with Gasteiger partial charge in [-0.05, 0) is 38.3 Å². The average molecular weight is 255 g/mol. The zero-order valence-corrected chi connectivity index (χ0v) is 10.6. The lowest BCUT2D eigenvalue weighted by atomic mass is 9.99. The topological polar surface area (TPSA) is 21.3 Å². The lowest BCUT2D eigenvalue weighted by molar-refractivity contribution is 0.0656. The first-order valence-corrected chi connectivity index (χ1v) is 6.43. The Bertz CT molecular complexity index is 391. The first-order valence-electron chi connectivity index (χ1n) is 6.43. The van der Waals surface area contributed by atoms with E-state index in [9.17, 15) is 8.78 Å². The summed E-state index contributed by atoms with van der Waals surface area (Å²) in [6.07, 6.45) is 2.07. The van der Waals surface area contributed by atoms with E-state index >= 15 is 0 Å². The molecule has 1 N–H and O–H groups in total. The van der Waals surface area contributed by atoms with Gasteiger partial charge in [-0.2, -0.15) is 0 Å². The summed E-state index contributed by atoms with van der Waals surface area (Å²) in [4.78, 5) is 0. The fourth-order valence-corrected chi connectivity index (χ4v) is 2.26. The van der Waals surface area contributed by atoms with Gasteiger partial charge in [0.2, 0.25) is 0 Å². The minimum absolute atomic E-state index is 0.177. The lowest BCUT2D eigenvalue weighted by Crippen LogP contribution is -2.30. The summed E-state index contributed by atoms with van der Waals surface area (Å²) >= 11 is 0. The molecule has 1 aliphatic heterocycles. The summed E-state index contributed by atoms with van der Waals surface area (Å²) in [5.74, 6) is -0.963. The van der Waals surface area contributed by atoms with Crippen molar-refractivity contribution in [3.05, 3.63) is 35.4 Å². The molecular formula is C14H19F2NO. The van der Waals surface area contributed by atoms with Crippen molar-refractivity contribution in [3.8, 4) is 0 Å². The van der Waals surface area contributed by atoms with E-state index in [1.165, 1.54) is 0 Å². The van der Waals surface area contributed by atoms with E-state index in [1.54, 1.807) is 12.1 Å². The Morgan fingerprint density at radius 2 is 2.06 bits per heavy atom. The standard InChI is InChI=1S/C14H19F2NO/c1-10(12-3-2-4-13(15)14(12)16)17-9-11-5-7-18-8-6-11/h2-4,10-11,17H,5-9H2,1H3. The number of benzene rings is 1. The van der Waals surface area contributed by atoms with E-state index < -0.39 is 11.6 Å². The maximum atomic E-state index is 13.6. The molecule has 2 rings (SSSR count). The Balaban J connectivity index is 1.90. The van der Waals surface area contributed by atoms with Crippen LogP contribution in [0.1, 0.15) is 31.4 Å². The van der Waals surface area contributed by atoms with Gasteiger partial charge in [0.05, 0.1) is 0 Å². The van der Waals surface area contributed by atoms with Crippen LogP contribution in [0, 0.1) is 17.6 Å². The molecule has 0 spiro atoms. The third kappa shape index (κ3) is 3.27. The number of hydrogen-bond donors (Lipinski definition) is 1. The van der Waals surface area contributed by atoms with E-state index in [0.717, 1.165) is 38.7 Å². The van der Waals surface area contributed by atoms with Gasteiger partial charge in [-0.1, -0.05) is 12.1 Å². The maximum Gasteiger partial charge on any atom is 0.163 e. The quantitative estimate of drug-likeness (QED) is 0.893. The summed E-state index contributed by atoms with van der Waals surface area (Å²) in [6, 6.07) is 4.13. The van der Waals surface area contributed by atoms with Crippen LogP contribution in [0.25, 0.3) is 0 Å². The molecule has 0 radical (unpaired) electrons. The molecule has 0 saturated carbocycles. The molecule has 2 nitrogen and oxygen atoms in total. The van der Waals surface area contributed by atoms with Crippen molar-refractivity contribution in [3.63, 3.8) is 0 Å². The monoisotopic (exact) mass is 255 g/mol. The molecule has 1 aromatic carbocycles. The van der Waals surface area contributed by atoms with Crippen molar-refractivity contribution < 1.29 is 13.5 Å². The van der Waals surface area contributed by atoms with Crippen molar-refractivity contribution in [2.45, 2.75) is 25.8 Å². The summed E-state index contributed by atoms with van der Waals surface area (Å²) in [5, 5.41) is 3.27. The van der Waals surface area contributed by atoms with Crippen LogP contribution in [-0.2, 0) is 4.74 Å². The zero-order chi connectivity index (χ0) is 13.0. The van der Waals surface area contributed by atoms with E-state index in [2.05, 4.69) is 5.32 Å². The summed E-state index contributed by atoms with van der Waals surface area (Å²) in [7, 11) is 0. The smallest absolute Gasteiger partial charge is 0.163 e. The fourth-order valence-electron chi connectivity index (χ4n) is 2.26. The van der Waals surface area contributed by atoms with E-state index in [-0.39, 0.29) is 6.04 Å². The van der Waals surface area contributed by atoms with Crippen LogP contribution in [-0.4, -0.2) is 19.8 Å². The molecule has 100 valence electrons. The summed E-state index contributed by atoms with van der Waals surface area (Å²) in [5.41, 5.74) is 0.391. The van der Waals surface area contributed by atoms with E-state index in [1.807, 2.05) is 6.92 Å². The first kappa shape index (κ1) is 13.4. The Hall–Kier alpha value is -1.00. The third-order valence-electron chi connectivity index (χ3n) is 3.50. The van der Waals surface area contributed by atoms with Gasteiger partial charge in [0.25, 0.3) is 0 Å². The molecule has 0 aliphatic carbocycles. The highest BCUT2D eigenvalue weighted by molar-refractivity contribution is 5.21. The normalized spacial score (nSPS) is 18.8. The molecule has 1 aromatic rings. The highest BCUT2D eigenvalue weighted by atomic mass is 19.2. The van der Waals surface area contributed by atoms with Gasteiger partial charge in [0.1, 0.15) is 0 Å². The Morgan fingerprint density at radius 3 is 2.78 bits per heavy atom. The molecule has 1 fully saturated rings. The van der Waals surface area contributed by atoms with Crippen LogP contribution >= 0.6 is 0 Å². The minimum Gasteiger partial charge on any atom is -0.381 e. The largest absolute Gasteiger partial charge is 0.381 e. The van der Waals surface area contributed by atoms with Crippen molar-refractivity contribution in [1.82, 2.24) is 5.32 Å². The highest BCUT2D eigenvalue weighted by Crippen LogP contribution is 2.20. The van der Waals surface area contributed by atoms with E-state index in [0.29, 0.717) is 11.5 Å². The van der Waals surface area contributed by atoms with Crippen LogP contribution in [0.3, 0.4) is 0 Å². The Morgan fingerprint density at radius 1 is 1.33 bits per heavy atom. The molecule has 1 unspecified atom stereocenters. The predicted molar refractivity (Wildman–Crippen MR) is 66.3 cm³/mol. The maximum absolute atomic E-state index is 13.6. The molecule has 1 heterocycles. The molecule has 4 heteroatoms. The lowest BCUT2D eigenvalue weighted by Gasteiger charge is -2.24. The average Bonchev–Trinajstić information content (AvgIpc) is 2.40.